The standard InChI is InChI=1S/C10H9BrN2O/c1-7-5-10(14)13(12-7)9-4-2-3-8(11)6-9/h2-4,6H,5H2,1H3. The van der Waals surface area contributed by atoms with Crippen molar-refractivity contribution in [3.63, 3.8) is 0 Å². The van der Waals surface area contributed by atoms with Gasteiger partial charge in [-0.1, -0.05) is 22.0 Å². The summed E-state index contributed by atoms with van der Waals surface area (Å²) in [7, 11) is 0. The molecule has 0 radical (unpaired) electrons. The molecule has 0 aromatic heterocycles. The molecule has 0 spiro atoms. The van der Waals surface area contributed by atoms with E-state index in [2.05, 4.69) is 21.0 Å². The molecule has 1 amide bonds. The van der Waals surface area contributed by atoms with Gasteiger partial charge in [0.25, 0.3) is 5.91 Å². The summed E-state index contributed by atoms with van der Waals surface area (Å²) in [5.74, 6) is 0.0283. The minimum Gasteiger partial charge on any atom is -0.272 e. The molecule has 0 fully saturated rings. The third-order valence-electron chi connectivity index (χ3n) is 1.97. The molecule has 72 valence electrons. The zero-order chi connectivity index (χ0) is 10.1. The van der Waals surface area contributed by atoms with Crippen LogP contribution in [0.15, 0.2) is 33.8 Å². The summed E-state index contributed by atoms with van der Waals surface area (Å²) in [6, 6.07) is 7.54. The molecule has 0 atom stereocenters. The molecular formula is C10H9BrN2O. The lowest BCUT2D eigenvalue weighted by atomic mass is 10.3. The van der Waals surface area contributed by atoms with Crippen molar-refractivity contribution in [2.24, 2.45) is 5.10 Å². The normalized spacial score (nSPS) is 16.0. The van der Waals surface area contributed by atoms with Crippen LogP contribution in [0.2, 0.25) is 0 Å². The van der Waals surface area contributed by atoms with Gasteiger partial charge in [-0.05, 0) is 25.1 Å². The number of carbonyl (C=O) groups excluding carboxylic acids is 1. The lowest BCUT2D eigenvalue weighted by molar-refractivity contribution is -0.116. The van der Waals surface area contributed by atoms with Crippen LogP contribution in [0.3, 0.4) is 0 Å². The summed E-state index contributed by atoms with van der Waals surface area (Å²) >= 11 is 3.36. The zero-order valence-corrected chi connectivity index (χ0v) is 9.28. The molecular weight excluding hydrogens is 244 g/mol. The van der Waals surface area contributed by atoms with Gasteiger partial charge in [-0.2, -0.15) is 5.10 Å². The van der Waals surface area contributed by atoms with E-state index in [9.17, 15) is 4.79 Å². The van der Waals surface area contributed by atoms with E-state index in [1.807, 2.05) is 31.2 Å². The first kappa shape index (κ1) is 9.40. The number of hydrazone groups is 1. The average molecular weight is 253 g/mol. The molecule has 0 aliphatic carbocycles. The van der Waals surface area contributed by atoms with Crippen molar-refractivity contribution in [3.8, 4) is 0 Å². The van der Waals surface area contributed by atoms with Gasteiger partial charge < -0.3 is 0 Å². The van der Waals surface area contributed by atoms with Gasteiger partial charge in [-0.15, -0.1) is 0 Å². The summed E-state index contributed by atoms with van der Waals surface area (Å²) < 4.78 is 0.947. The summed E-state index contributed by atoms with van der Waals surface area (Å²) in [5, 5.41) is 5.60. The first-order valence-electron chi connectivity index (χ1n) is 4.29. The molecule has 0 N–H and O–H groups in total. The second-order valence-corrected chi connectivity index (χ2v) is 4.11. The van der Waals surface area contributed by atoms with Crippen LogP contribution in [0.4, 0.5) is 5.69 Å². The summed E-state index contributed by atoms with van der Waals surface area (Å²) in [4.78, 5) is 11.5. The molecule has 0 saturated carbocycles. The topological polar surface area (TPSA) is 32.7 Å². The third-order valence-corrected chi connectivity index (χ3v) is 2.46. The molecule has 2 rings (SSSR count). The maximum absolute atomic E-state index is 11.5. The second-order valence-electron chi connectivity index (χ2n) is 3.20. The first-order chi connectivity index (χ1) is 6.66. The molecule has 1 aliphatic heterocycles. The van der Waals surface area contributed by atoms with Gasteiger partial charge in [0.15, 0.2) is 0 Å². The predicted octanol–water partition coefficient (Wildman–Crippen LogP) is 2.56. The Bertz CT molecular complexity index is 414. The van der Waals surface area contributed by atoms with Crippen LogP contribution in [-0.4, -0.2) is 11.6 Å². The number of benzene rings is 1. The molecule has 0 unspecified atom stereocenters. The Balaban J connectivity index is 2.36. The lowest BCUT2D eigenvalue weighted by Crippen LogP contribution is -2.19. The Morgan fingerprint density at radius 3 is 2.86 bits per heavy atom. The Kier molecular flexibility index (Phi) is 2.37. The lowest BCUT2D eigenvalue weighted by Gasteiger charge is -2.11. The zero-order valence-electron chi connectivity index (χ0n) is 7.70. The van der Waals surface area contributed by atoms with Gasteiger partial charge in [0.2, 0.25) is 0 Å². The predicted molar refractivity (Wildman–Crippen MR) is 59.4 cm³/mol. The van der Waals surface area contributed by atoms with Gasteiger partial charge in [0.05, 0.1) is 12.1 Å². The van der Waals surface area contributed by atoms with Crippen molar-refractivity contribution in [3.05, 3.63) is 28.7 Å². The van der Waals surface area contributed by atoms with Gasteiger partial charge in [0.1, 0.15) is 0 Å². The van der Waals surface area contributed by atoms with E-state index in [0.717, 1.165) is 15.9 Å². The second kappa shape index (κ2) is 3.53. The van der Waals surface area contributed by atoms with Crippen LogP contribution in [0.1, 0.15) is 13.3 Å². The summed E-state index contributed by atoms with van der Waals surface area (Å²) in [6.07, 6.45) is 0.423. The Hall–Kier alpha value is -1.16. The number of amides is 1. The fourth-order valence-corrected chi connectivity index (χ4v) is 1.75. The molecule has 1 heterocycles. The molecule has 4 heteroatoms. The number of rotatable bonds is 1. The van der Waals surface area contributed by atoms with Gasteiger partial charge in [0, 0.05) is 10.2 Å². The molecule has 3 nitrogen and oxygen atoms in total. The minimum absolute atomic E-state index is 0.0283. The van der Waals surface area contributed by atoms with Crippen LogP contribution >= 0.6 is 15.9 Å². The maximum Gasteiger partial charge on any atom is 0.253 e. The first-order valence-corrected chi connectivity index (χ1v) is 5.09. The van der Waals surface area contributed by atoms with Crippen molar-refractivity contribution in [2.75, 3.05) is 5.01 Å². The number of anilines is 1. The van der Waals surface area contributed by atoms with Crippen molar-refractivity contribution in [1.82, 2.24) is 0 Å². The Labute approximate surface area is 90.5 Å². The molecule has 0 bridgehead atoms. The molecule has 14 heavy (non-hydrogen) atoms. The highest BCUT2D eigenvalue weighted by molar-refractivity contribution is 9.10. The number of halogens is 1. The van der Waals surface area contributed by atoms with Crippen LogP contribution in [0.5, 0.6) is 0 Å². The van der Waals surface area contributed by atoms with E-state index in [1.54, 1.807) is 0 Å². The van der Waals surface area contributed by atoms with Crippen molar-refractivity contribution < 1.29 is 4.79 Å². The smallest absolute Gasteiger partial charge is 0.253 e. The largest absolute Gasteiger partial charge is 0.272 e. The number of hydrogen-bond acceptors (Lipinski definition) is 2. The van der Waals surface area contributed by atoms with Gasteiger partial charge >= 0.3 is 0 Å². The fraction of sp³-hybridized carbons (Fsp3) is 0.200. The molecule has 1 aromatic carbocycles. The highest BCUT2D eigenvalue weighted by Crippen LogP contribution is 2.23. The maximum atomic E-state index is 11.5. The van der Waals surface area contributed by atoms with E-state index in [1.165, 1.54) is 5.01 Å². The van der Waals surface area contributed by atoms with Crippen LogP contribution < -0.4 is 5.01 Å². The fourth-order valence-electron chi connectivity index (χ4n) is 1.37. The molecule has 0 saturated heterocycles. The third kappa shape index (κ3) is 1.70. The van der Waals surface area contributed by atoms with Crippen molar-refractivity contribution in [1.29, 1.82) is 0 Å². The van der Waals surface area contributed by atoms with E-state index in [-0.39, 0.29) is 5.91 Å². The van der Waals surface area contributed by atoms with Crippen LogP contribution in [0, 0.1) is 0 Å². The van der Waals surface area contributed by atoms with Gasteiger partial charge in [-0.3, -0.25) is 4.79 Å². The minimum atomic E-state index is 0.0283. The highest BCUT2D eigenvalue weighted by atomic mass is 79.9. The average Bonchev–Trinajstić information content (AvgIpc) is 2.45. The van der Waals surface area contributed by atoms with Crippen LogP contribution in [0.25, 0.3) is 0 Å². The van der Waals surface area contributed by atoms with Crippen LogP contribution in [-0.2, 0) is 4.79 Å². The summed E-state index contributed by atoms with van der Waals surface area (Å²) in [6.45, 7) is 1.86. The quantitative estimate of drug-likeness (QED) is 0.757. The van der Waals surface area contributed by atoms with Gasteiger partial charge in [-0.25, -0.2) is 5.01 Å². The Morgan fingerprint density at radius 1 is 1.50 bits per heavy atom. The van der Waals surface area contributed by atoms with Crippen molar-refractivity contribution >= 4 is 33.2 Å². The SMILES string of the molecule is CC1=NN(c2cccc(Br)c2)C(=O)C1. The molecule has 1 aromatic rings. The number of hydrogen-bond donors (Lipinski definition) is 0. The van der Waals surface area contributed by atoms with E-state index in [4.69, 9.17) is 0 Å². The summed E-state index contributed by atoms with van der Waals surface area (Å²) in [5.41, 5.74) is 1.66. The number of nitrogens with zero attached hydrogens (tertiary/aromatic N) is 2. The van der Waals surface area contributed by atoms with E-state index in [0.29, 0.717) is 6.42 Å². The van der Waals surface area contributed by atoms with Crippen molar-refractivity contribution in [2.45, 2.75) is 13.3 Å². The molecule has 1 aliphatic rings. The highest BCUT2D eigenvalue weighted by Gasteiger charge is 2.22. The van der Waals surface area contributed by atoms with E-state index < -0.39 is 0 Å². The Morgan fingerprint density at radius 2 is 2.29 bits per heavy atom. The van der Waals surface area contributed by atoms with E-state index >= 15 is 0 Å². The number of carbonyl (C=O) groups is 1. The monoisotopic (exact) mass is 252 g/mol.